The predicted molar refractivity (Wildman–Crippen MR) is 90.7 cm³/mol. The number of ether oxygens (including phenoxy) is 1. The van der Waals surface area contributed by atoms with Gasteiger partial charge in [-0.3, -0.25) is 0 Å². The lowest BCUT2D eigenvalue weighted by molar-refractivity contribution is -0.0758. The van der Waals surface area contributed by atoms with Gasteiger partial charge in [-0.05, 0) is 36.2 Å². The first-order chi connectivity index (χ1) is 9.53. The van der Waals surface area contributed by atoms with E-state index in [-0.39, 0.29) is 10.6 Å². The molecule has 0 N–H and O–H groups in total. The molecular weight excluding hydrogens is 280 g/mol. The van der Waals surface area contributed by atoms with E-state index in [0.717, 1.165) is 17.1 Å². The van der Waals surface area contributed by atoms with Gasteiger partial charge in [0.15, 0.2) is 9.76 Å². The van der Waals surface area contributed by atoms with Crippen molar-refractivity contribution in [3.05, 3.63) is 35.9 Å². The molecule has 1 aromatic rings. The minimum Gasteiger partial charge on any atom is -0.466 e. The molecule has 0 aromatic heterocycles. The summed E-state index contributed by atoms with van der Waals surface area (Å²) in [6, 6.07) is 10.9. The molecule has 0 amide bonds. The molecule has 0 spiro atoms. The second kappa shape index (κ2) is 6.56. The third-order valence-electron chi connectivity index (χ3n) is 5.16. The standard InChI is InChI=1S/C16H28O2Si2/c1-13(15(2,3)14-9-5-4-6-10-14)16(20-18-19)11-7-8-12-17-16/h4-6,9-10,13H,7-8,11-12,20H2,1-3,19H3. The molecule has 0 saturated carbocycles. The van der Waals surface area contributed by atoms with Crippen LogP contribution < -0.4 is 0 Å². The SMILES string of the molecule is CC(C1([SiH2]O[SiH3])CCCCO1)C(C)(C)c1ccccc1. The highest BCUT2D eigenvalue weighted by Crippen LogP contribution is 2.43. The van der Waals surface area contributed by atoms with Gasteiger partial charge in [-0.2, -0.15) is 0 Å². The second-order valence-corrected chi connectivity index (χ2v) is 10.4. The highest BCUT2D eigenvalue weighted by molar-refractivity contribution is 6.38. The summed E-state index contributed by atoms with van der Waals surface area (Å²) in [5.74, 6) is 0.485. The maximum atomic E-state index is 6.33. The third-order valence-corrected chi connectivity index (χ3v) is 7.98. The molecule has 1 heterocycles. The maximum Gasteiger partial charge on any atom is 0.179 e. The smallest absolute Gasteiger partial charge is 0.179 e. The minimum atomic E-state index is -0.624. The zero-order valence-electron chi connectivity index (χ0n) is 13.3. The lowest BCUT2D eigenvalue weighted by atomic mass is 9.70. The average molecular weight is 309 g/mol. The summed E-state index contributed by atoms with van der Waals surface area (Å²) in [6.45, 7) is 7.99. The van der Waals surface area contributed by atoms with Gasteiger partial charge in [-0.25, -0.2) is 0 Å². The predicted octanol–water partition coefficient (Wildman–Crippen LogP) is 1.88. The number of rotatable bonds is 5. The fourth-order valence-corrected chi connectivity index (χ4v) is 6.81. The van der Waals surface area contributed by atoms with Gasteiger partial charge in [0, 0.05) is 6.61 Å². The zero-order valence-corrected chi connectivity index (χ0v) is 16.7. The molecule has 2 unspecified atom stereocenters. The van der Waals surface area contributed by atoms with E-state index in [1.165, 1.54) is 24.8 Å². The van der Waals surface area contributed by atoms with Crippen LogP contribution in [0.1, 0.15) is 45.6 Å². The van der Waals surface area contributed by atoms with Crippen LogP contribution in [0.5, 0.6) is 0 Å². The molecule has 1 fully saturated rings. The Morgan fingerprint density at radius 1 is 1.30 bits per heavy atom. The molecular formula is C16H28O2Si2. The van der Waals surface area contributed by atoms with Crippen LogP contribution in [-0.4, -0.2) is 32.1 Å². The molecule has 1 aromatic carbocycles. The molecule has 4 heteroatoms. The molecule has 0 bridgehead atoms. The first-order valence-corrected chi connectivity index (χ1v) is 9.81. The van der Waals surface area contributed by atoms with Gasteiger partial charge >= 0.3 is 0 Å². The highest BCUT2D eigenvalue weighted by atomic mass is 28.3. The molecule has 112 valence electrons. The van der Waals surface area contributed by atoms with E-state index in [1.807, 2.05) is 0 Å². The molecule has 1 aliphatic heterocycles. The van der Waals surface area contributed by atoms with E-state index in [2.05, 4.69) is 51.1 Å². The van der Waals surface area contributed by atoms with Crippen molar-refractivity contribution in [3.63, 3.8) is 0 Å². The van der Waals surface area contributed by atoms with E-state index < -0.39 is 9.76 Å². The van der Waals surface area contributed by atoms with Crippen LogP contribution in [0.2, 0.25) is 0 Å². The van der Waals surface area contributed by atoms with Crippen LogP contribution in [0.25, 0.3) is 0 Å². The lowest BCUT2D eigenvalue weighted by Gasteiger charge is -2.48. The molecule has 0 radical (unpaired) electrons. The van der Waals surface area contributed by atoms with Gasteiger partial charge in [0.2, 0.25) is 0 Å². The van der Waals surface area contributed by atoms with Crippen molar-refractivity contribution in [1.29, 1.82) is 0 Å². The van der Waals surface area contributed by atoms with Crippen molar-refractivity contribution in [1.82, 2.24) is 0 Å². The Labute approximate surface area is 128 Å². The maximum absolute atomic E-state index is 6.33. The summed E-state index contributed by atoms with van der Waals surface area (Å²) in [7, 11) is 0.217. The summed E-state index contributed by atoms with van der Waals surface area (Å²) in [6.07, 6.45) is 3.67. The summed E-state index contributed by atoms with van der Waals surface area (Å²) in [5, 5.41) is 0.0271. The second-order valence-electron chi connectivity index (χ2n) is 6.61. The zero-order chi connectivity index (χ0) is 14.6. The van der Waals surface area contributed by atoms with Crippen molar-refractivity contribution in [3.8, 4) is 0 Å². The average Bonchev–Trinajstić information content (AvgIpc) is 2.48. The van der Waals surface area contributed by atoms with Crippen molar-refractivity contribution in [2.45, 2.75) is 50.7 Å². The summed E-state index contributed by atoms with van der Waals surface area (Å²) in [4.78, 5) is 0. The van der Waals surface area contributed by atoms with Gasteiger partial charge in [0.25, 0.3) is 0 Å². The minimum absolute atomic E-state index is 0.0271. The number of hydrogen-bond acceptors (Lipinski definition) is 2. The van der Waals surface area contributed by atoms with E-state index in [1.54, 1.807) is 0 Å². The Kier molecular flexibility index (Phi) is 5.23. The third kappa shape index (κ3) is 3.08. The summed E-state index contributed by atoms with van der Waals surface area (Å²) >= 11 is 0. The van der Waals surface area contributed by atoms with Crippen molar-refractivity contribution >= 4 is 20.2 Å². The Balaban J connectivity index is 2.28. The van der Waals surface area contributed by atoms with Gasteiger partial charge in [0.05, 0.1) is 5.22 Å². The summed E-state index contributed by atoms with van der Waals surface area (Å²) < 4.78 is 12.1. The Hall–Kier alpha value is -0.426. The molecule has 1 saturated heterocycles. The Bertz CT molecular complexity index is 408. The van der Waals surface area contributed by atoms with Gasteiger partial charge in [-0.15, -0.1) is 0 Å². The fourth-order valence-electron chi connectivity index (χ4n) is 3.47. The van der Waals surface area contributed by atoms with Crippen LogP contribution in [0.3, 0.4) is 0 Å². The van der Waals surface area contributed by atoms with Crippen LogP contribution >= 0.6 is 0 Å². The van der Waals surface area contributed by atoms with E-state index in [9.17, 15) is 0 Å². The van der Waals surface area contributed by atoms with Gasteiger partial charge < -0.3 is 8.85 Å². The lowest BCUT2D eigenvalue weighted by Crippen LogP contribution is -2.54. The fraction of sp³-hybridized carbons (Fsp3) is 0.625. The number of benzene rings is 1. The monoisotopic (exact) mass is 308 g/mol. The van der Waals surface area contributed by atoms with E-state index in [0.29, 0.717) is 5.92 Å². The largest absolute Gasteiger partial charge is 0.466 e. The Morgan fingerprint density at radius 2 is 2.00 bits per heavy atom. The van der Waals surface area contributed by atoms with Crippen LogP contribution in [0.4, 0.5) is 0 Å². The first-order valence-electron chi connectivity index (χ1n) is 7.71. The molecule has 2 atom stereocenters. The highest BCUT2D eigenvalue weighted by Gasteiger charge is 2.46. The van der Waals surface area contributed by atoms with Crippen molar-refractivity contribution in [2.75, 3.05) is 6.61 Å². The van der Waals surface area contributed by atoms with Gasteiger partial charge in [0.1, 0.15) is 10.5 Å². The van der Waals surface area contributed by atoms with E-state index in [4.69, 9.17) is 8.85 Å². The van der Waals surface area contributed by atoms with Crippen LogP contribution in [-0.2, 0) is 14.3 Å². The molecule has 2 nitrogen and oxygen atoms in total. The molecule has 1 aliphatic rings. The molecule has 20 heavy (non-hydrogen) atoms. The number of hydrogen-bond donors (Lipinski definition) is 0. The van der Waals surface area contributed by atoms with Gasteiger partial charge in [-0.1, -0.05) is 51.1 Å². The molecule has 0 aliphatic carbocycles. The van der Waals surface area contributed by atoms with Crippen LogP contribution in [0, 0.1) is 5.92 Å². The quantitative estimate of drug-likeness (QED) is 0.773. The topological polar surface area (TPSA) is 18.5 Å². The van der Waals surface area contributed by atoms with Crippen molar-refractivity contribution in [2.24, 2.45) is 5.92 Å². The first kappa shape index (κ1) is 16.0. The molecule has 2 rings (SSSR count). The Morgan fingerprint density at radius 3 is 2.55 bits per heavy atom. The van der Waals surface area contributed by atoms with E-state index >= 15 is 0 Å². The normalized spacial score (nSPS) is 26.1. The van der Waals surface area contributed by atoms with Crippen molar-refractivity contribution < 1.29 is 8.85 Å². The van der Waals surface area contributed by atoms with Crippen LogP contribution in [0.15, 0.2) is 30.3 Å². The summed E-state index contributed by atoms with van der Waals surface area (Å²) in [5.41, 5.74) is 1.52.